The highest BCUT2D eigenvalue weighted by molar-refractivity contribution is 5.85. The third-order valence-electron chi connectivity index (χ3n) is 5.16. The zero-order valence-corrected chi connectivity index (χ0v) is 14.6. The first-order chi connectivity index (χ1) is 9.69. The summed E-state index contributed by atoms with van der Waals surface area (Å²) in [6.45, 7) is 8.64. The molecule has 1 N–H and O–H groups in total. The Balaban J connectivity index is 0.00000220. The molecular weight excluding hydrogens is 284 g/mol. The van der Waals surface area contributed by atoms with E-state index in [1.54, 1.807) is 0 Å². The molecule has 2 rings (SSSR count). The van der Waals surface area contributed by atoms with Crippen LogP contribution in [0.5, 0.6) is 0 Å². The smallest absolute Gasteiger partial charge is 0.222 e. The van der Waals surface area contributed by atoms with Gasteiger partial charge in [-0.2, -0.15) is 0 Å². The highest BCUT2D eigenvalue weighted by Crippen LogP contribution is 2.31. The summed E-state index contributed by atoms with van der Waals surface area (Å²) < 4.78 is 0. The van der Waals surface area contributed by atoms with Crippen molar-refractivity contribution in [2.45, 2.75) is 58.8 Å². The number of nitrogens with one attached hydrogen (secondary N) is 1. The molecule has 0 bridgehead atoms. The maximum Gasteiger partial charge on any atom is 0.222 e. The Morgan fingerprint density at radius 1 is 1.14 bits per heavy atom. The zero-order valence-electron chi connectivity index (χ0n) is 13.8. The third kappa shape index (κ3) is 6.15. The molecule has 2 atom stereocenters. The van der Waals surface area contributed by atoms with Gasteiger partial charge >= 0.3 is 0 Å². The molecule has 1 saturated carbocycles. The van der Waals surface area contributed by atoms with Crippen molar-refractivity contribution in [3.05, 3.63) is 0 Å². The Labute approximate surface area is 136 Å². The Morgan fingerprint density at radius 2 is 1.86 bits per heavy atom. The van der Waals surface area contributed by atoms with Crippen LogP contribution in [-0.4, -0.2) is 37.0 Å². The number of likely N-dealkylation sites (tertiary alicyclic amines) is 1. The largest absolute Gasteiger partial charge is 0.343 e. The molecule has 4 heteroatoms. The van der Waals surface area contributed by atoms with Gasteiger partial charge in [0.2, 0.25) is 5.91 Å². The van der Waals surface area contributed by atoms with Crippen molar-refractivity contribution in [3.8, 4) is 0 Å². The molecule has 1 aliphatic carbocycles. The Bertz CT molecular complexity index is 303. The number of hydrogen-bond acceptors (Lipinski definition) is 2. The summed E-state index contributed by atoms with van der Waals surface area (Å²) in [4.78, 5) is 14.5. The predicted molar refractivity (Wildman–Crippen MR) is 90.8 cm³/mol. The summed E-state index contributed by atoms with van der Waals surface area (Å²) in [6, 6.07) is 0. The van der Waals surface area contributed by atoms with E-state index in [2.05, 4.69) is 24.1 Å². The molecule has 1 saturated heterocycles. The fourth-order valence-electron chi connectivity index (χ4n) is 3.86. The van der Waals surface area contributed by atoms with Gasteiger partial charge in [0.25, 0.3) is 0 Å². The van der Waals surface area contributed by atoms with E-state index in [9.17, 15) is 4.79 Å². The molecule has 0 aromatic heterocycles. The molecule has 0 aromatic carbocycles. The highest BCUT2D eigenvalue weighted by atomic mass is 35.5. The number of amides is 1. The van der Waals surface area contributed by atoms with E-state index < -0.39 is 0 Å². The quantitative estimate of drug-likeness (QED) is 0.842. The van der Waals surface area contributed by atoms with Crippen molar-refractivity contribution < 1.29 is 4.79 Å². The summed E-state index contributed by atoms with van der Waals surface area (Å²) >= 11 is 0. The minimum Gasteiger partial charge on any atom is -0.343 e. The number of halogens is 1. The van der Waals surface area contributed by atoms with Gasteiger partial charge in [0.05, 0.1) is 0 Å². The van der Waals surface area contributed by atoms with Gasteiger partial charge in [-0.05, 0) is 56.5 Å². The van der Waals surface area contributed by atoms with Crippen LogP contribution in [0, 0.1) is 17.8 Å². The maximum absolute atomic E-state index is 12.4. The molecule has 124 valence electrons. The van der Waals surface area contributed by atoms with E-state index in [0.717, 1.165) is 44.4 Å². The predicted octanol–water partition coefficient (Wildman–Crippen LogP) is 3.47. The molecule has 3 nitrogen and oxygen atoms in total. The second kappa shape index (κ2) is 9.68. The molecule has 1 amide bonds. The van der Waals surface area contributed by atoms with Crippen molar-refractivity contribution in [1.29, 1.82) is 0 Å². The second-order valence-electron chi connectivity index (χ2n) is 6.97. The molecule has 1 aliphatic heterocycles. The molecule has 21 heavy (non-hydrogen) atoms. The van der Waals surface area contributed by atoms with Crippen LogP contribution in [0.15, 0.2) is 0 Å². The van der Waals surface area contributed by atoms with Crippen LogP contribution in [0.1, 0.15) is 58.8 Å². The number of rotatable bonds is 5. The first-order valence-electron chi connectivity index (χ1n) is 8.67. The van der Waals surface area contributed by atoms with Gasteiger partial charge in [-0.25, -0.2) is 0 Å². The van der Waals surface area contributed by atoms with E-state index in [1.807, 2.05) is 0 Å². The van der Waals surface area contributed by atoms with Crippen LogP contribution >= 0.6 is 12.4 Å². The molecule has 2 unspecified atom stereocenters. The summed E-state index contributed by atoms with van der Waals surface area (Å²) in [5.41, 5.74) is 0. The summed E-state index contributed by atoms with van der Waals surface area (Å²) in [6.07, 6.45) is 8.39. The highest BCUT2D eigenvalue weighted by Gasteiger charge is 2.26. The lowest BCUT2D eigenvalue weighted by molar-refractivity contribution is -0.133. The summed E-state index contributed by atoms with van der Waals surface area (Å²) in [5.74, 6) is 2.68. The average Bonchev–Trinajstić information content (AvgIpc) is 2.45. The number of hydrogen-bond donors (Lipinski definition) is 1. The first-order valence-corrected chi connectivity index (χ1v) is 8.67. The van der Waals surface area contributed by atoms with Gasteiger partial charge in [0, 0.05) is 19.5 Å². The van der Waals surface area contributed by atoms with Crippen LogP contribution < -0.4 is 5.32 Å². The van der Waals surface area contributed by atoms with E-state index in [-0.39, 0.29) is 12.4 Å². The molecular formula is C17H33ClN2O. The van der Waals surface area contributed by atoms with Crippen molar-refractivity contribution >= 4 is 18.3 Å². The minimum absolute atomic E-state index is 0. The third-order valence-corrected chi connectivity index (χ3v) is 5.16. The van der Waals surface area contributed by atoms with E-state index in [4.69, 9.17) is 0 Å². The average molecular weight is 317 g/mol. The monoisotopic (exact) mass is 316 g/mol. The molecule has 0 aromatic rings. The van der Waals surface area contributed by atoms with Gasteiger partial charge in [-0.15, -0.1) is 12.4 Å². The van der Waals surface area contributed by atoms with Crippen molar-refractivity contribution in [2.24, 2.45) is 17.8 Å². The van der Waals surface area contributed by atoms with Gasteiger partial charge in [-0.1, -0.05) is 26.7 Å². The fourth-order valence-corrected chi connectivity index (χ4v) is 3.86. The van der Waals surface area contributed by atoms with Crippen LogP contribution in [0.2, 0.25) is 0 Å². The number of carbonyl (C=O) groups excluding carboxylic acids is 1. The molecule has 2 aliphatic rings. The van der Waals surface area contributed by atoms with Crippen LogP contribution in [0.3, 0.4) is 0 Å². The van der Waals surface area contributed by atoms with E-state index in [1.165, 1.54) is 38.5 Å². The van der Waals surface area contributed by atoms with Crippen LogP contribution in [-0.2, 0) is 4.79 Å². The zero-order chi connectivity index (χ0) is 14.4. The van der Waals surface area contributed by atoms with Gasteiger partial charge in [0.15, 0.2) is 0 Å². The lowest BCUT2D eigenvalue weighted by Crippen LogP contribution is -2.41. The van der Waals surface area contributed by atoms with Crippen LogP contribution in [0.25, 0.3) is 0 Å². The molecule has 1 heterocycles. The number of piperidine rings is 1. The topological polar surface area (TPSA) is 32.3 Å². The minimum atomic E-state index is 0. The summed E-state index contributed by atoms with van der Waals surface area (Å²) in [7, 11) is 0. The van der Waals surface area contributed by atoms with Crippen molar-refractivity contribution in [3.63, 3.8) is 0 Å². The Hall–Kier alpha value is -0.280. The molecule has 0 spiro atoms. The molecule has 0 radical (unpaired) electrons. The Kier molecular flexibility index (Phi) is 8.65. The number of carbonyl (C=O) groups is 1. The second-order valence-corrected chi connectivity index (χ2v) is 6.97. The van der Waals surface area contributed by atoms with Gasteiger partial charge in [0.1, 0.15) is 0 Å². The first kappa shape index (κ1) is 18.8. The lowest BCUT2D eigenvalue weighted by atomic mass is 9.80. The standard InChI is InChI=1S/C17H32N2O.ClH/c1-3-18-13-15-7-9-19(10-8-15)17(20)12-16-6-4-5-14(2)11-16;/h14-16,18H,3-13H2,1-2H3;1H. The van der Waals surface area contributed by atoms with Gasteiger partial charge in [-0.3, -0.25) is 4.79 Å². The Morgan fingerprint density at radius 3 is 2.48 bits per heavy atom. The SMILES string of the molecule is CCNCC1CCN(C(=O)CC2CCCC(C)C2)CC1.Cl. The van der Waals surface area contributed by atoms with Gasteiger partial charge < -0.3 is 10.2 Å². The lowest BCUT2D eigenvalue weighted by Gasteiger charge is -2.34. The summed E-state index contributed by atoms with van der Waals surface area (Å²) in [5, 5.41) is 3.43. The van der Waals surface area contributed by atoms with E-state index >= 15 is 0 Å². The van der Waals surface area contributed by atoms with Crippen molar-refractivity contribution in [1.82, 2.24) is 10.2 Å². The van der Waals surface area contributed by atoms with Crippen LogP contribution in [0.4, 0.5) is 0 Å². The number of nitrogens with zero attached hydrogens (tertiary/aromatic N) is 1. The molecule has 2 fully saturated rings. The van der Waals surface area contributed by atoms with E-state index in [0.29, 0.717) is 11.8 Å². The maximum atomic E-state index is 12.4. The fraction of sp³-hybridized carbons (Fsp3) is 0.941. The normalized spacial score (nSPS) is 27.2. The van der Waals surface area contributed by atoms with Crippen molar-refractivity contribution in [2.75, 3.05) is 26.2 Å².